The second-order valence-corrected chi connectivity index (χ2v) is 7.25. The lowest BCUT2D eigenvalue weighted by molar-refractivity contribution is -0.121. The molecule has 1 aromatic carbocycles. The molecule has 2 heterocycles. The molecule has 8 heteroatoms. The van der Waals surface area contributed by atoms with E-state index >= 15 is 0 Å². The molecule has 3 rings (SSSR count). The first-order valence-electron chi connectivity index (χ1n) is 9.77. The Bertz CT molecular complexity index is 565. The molecule has 2 N–H and O–H groups in total. The molecule has 0 bridgehead atoms. The van der Waals surface area contributed by atoms with Crippen LogP contribution in [0.15, 0.2) is 24.3 Å². The summed E-state index contributed by atoms with van der Waals surface area (Å²) in [7, 11) is 0. The van der Waals surface area contributed by atoms with Crippen LogP contribution in [0.4, 0.5) is 4.39 Å². The van der Waals surface area contributed by atoms with E-state index in [0.717, 1.165) is 38.2 Å². The third-order valence-corrected chi connectivity index (χ3v) is 5.47. The molecule has 0 spiro atoms. The number of carbonyl (C=O) groups is 1. The maximum Gasteiger partial charge on any atom is 0.220 e. The molecule has 2 saturated heterocycles. The number of nitrogens with zero attached hydrogens (tertiary/aromatic N) is 1. The minimum absolute atomic E-state index is 0. The number of rotatable bonds is 7. The van der Waals surface area contributed by atoms with Gasteiger partial charge < -0.3 is 15.4 Å². The highest BCUT2D eigenvalue weighted by Gasteiger charge is 2.23. The van der Waals surface area contributed by atoms with E-state index in [9.17, 15) is 9.18 Å². The Labute approximate surface area is 179 Å². The minimum Gasteiger partial charge on any atom is -0.379 e. The quantitative estimate of drug-likeness (QED) is 0.690. The second kappa shape index (κ2) is 13.3. The molecule has 1 aromatic rings. The largest absolute Gasteiger partial charge is 0.379 e. The van der Waals surface area contributed by atoms with E-state index in [1.165, 1.54) is 25.0 Å². The van der Waals surface area contributed by atoms with Gasteiger partial charge in [-0.1, -0.05) is 12.1 Å². The fourth-order valence-corrected chi connectivity index (χ4v) is 3.84. The average Bonchev–Trinajstić information content (AvgIpc) is 2.69. The molecule has 2 fully saturated rings. The molecular weight excluding hydrogens is 404 g/mol. The van der Waals surface area contributed by atoms with Gasteiger partial charge in [0.2, 0.25) is 5.91 Å². The van der Waals surface area contributed by atoms with Crippen molar-refractivity contribution in [1.29, 1.82) is 0 Å². The molecule has 1 atom stereocenters. The maximum atomic E-state index is 13.3. The first-order valence-corrected chi connectivity index (χ1v) is 9.77. The molecule has 28 heavy (non-hydrogen) atoms. The van der Waals surface area contributed by atoms with Gasteiger partial charge in [0.25, 0.3) is 0 Å². The highest BCUT2D eigenvalue weighted by molar-refractivity contribution is 5.85. The van der Waals surface area contributed by atoms with Crippen molar-refractivity contribution in [3.8, 4) is 0 Å². The van der Waals surface area contributed by atoms with Crippen LogP contribution in [0.1, 0.15) is 37.3 Å². The number of carbonyl (C=O) groups excluding carboxylic acids is 1. The van der Waals surface area contributed by atoms with Crippen molar-refractivity contribution >= 4 is 30.7 Å². The summed E-state index contributed by atoms with van der Waals surface area (Å²) >= 11 is 0. The van der Waals surface area contributed by atoms with Gasteiger partial charge >= 0.3 is 0 Å². The summed E-state index contributed by atoms with van der Waals surface area (Å²) in [6.45, 7) is 5.73. The fourth-order valence-electron chi connectivity index (χ4n) is 3.84. The molecule has 2 aliphatic rings. The van der Waals surface area contributed by atoms with E-state index in [1.807, 2.05) is 12.1 Å². The number of benzene rings is 1. The van der Waals surface area contributed by atoms with Gasteiger partial charge in [0, 0.05) is 26.1 Å². The third-order valence-electron chi connectivity index (χ3n) is 5.47. The summed E-state index contributed by atoms with van der Waals surface area (Å²) in [5.74, 6) is 0.540. The standard InChI is InChI=1S/C20H30FN3O2.2ClH/c21-18-4-2-17(3-5-18)19(24-11-13-26-14-12-24)15-23-20(25)6-1-16-7-9-22-10-8-16;;/h2-5,16,19,22H,1,6-15H2,(H,23,25);2*1H. The van der Waals surface area contributed by atoms with E-state index in [0.29, 0.717) is 32.1 Å². The number of halogens is 3. The molecule has 0 radical (unpaired) electrons. The summed E-state index contributed by atoms with van der Waals surface area (Å²) in [6, 6.07) is 6.67. The smallest absolute Gasteiger partial charge is 0.220 e. The lowest BCUT2D eigenvalue weighted by Crippen LogP contribution is -2.43. The Balaban J connectivity index is 0.00000196. The zero-order chi connectivity index (χ0) is 18.2. The van der Waals surface area contributed by atoms with Crippen LogP contribution < -0.4 is 10.6 Å². The molecular formula is C20H32Cl2FN3O2. The van der Waals surface area contributed by atoms with Crippen LogP contribution >= 0.6 is 24.8 Å². The number of piperidine rings is 1. The number of hydrogen-bond acceptors (Lipinski definition) is 4. The molecule has 1 unspecified atom stereocenters. The topological polar surface area (TPSA) is 53.6 Å². The van der Waals surface area contributed by atoms with Crippen LogP contribution in [0.5, 0.6) is 0 Å². The normalized spacial score (nSPS) is 19.2. The second-order valence-electron chi connectivity index (χ2n) is 7.25. The Morgan fingerprint density at radius 3 is 2.46 bits per heavy atom. The van der Waals surface area contributed by atoms with E-state index < -0.39 is 0 Å². The molecule has 0 aromatic heterocycles. The van der Waals surface area contributed by atoms with Gasteiger partial charge in [-0.3, -0.25) is 9.69 Å². The van der Waals surface area contributed by atoms with Crippen molar-refractivity contribution in [2.45, 2.75) is 31.7 Å². The number of nitrogens with one attached hydrogen (secondary N) is 2. The number of hydrogen-bond donors (Lipinski definition) is 2. The van der Waals surface area contributed by atoms with Crippen molar-refractivity contribution in [3.05, 3.63) is 35.6 Å². The summed E-state index contributed by atoms with van der Waals surface area (Å²) in [4.78, 5) is 14.6. The van der Waals surface area contributed by atoms with Crippen LogP contribution in [0.2, 0.25) is 0 Å². The number of ether oxygens (including phenoxy) is 1. The van der Waals surface area contributed by atoms with E-state index in [2.05, 4.69) is 15.5 Å². The molecule has 0 aliphatic carbocycles. The Hall–Kier alpha value is -0.920. The Morgan fingerprint density at radius 2 is 1.82 bits per heavy atom. The lowest BCUT2D eigenvalue weighted by Gasteiger charge is -2.35. The zero-order valence-corrected chi connectivity index (χ0v) is 17.8. The zero-order valence-electron chi connectivity index (χ0n) is 16.2. The molecule has 0 saturated carbocycles. The van der Waals surface area contributed by atoms with Gasteiger partial charge in [0.1, 0.15) is 5.82 Å². The minimum atomic E-state index is -0.236. The highest BCUT2D eigenvalue weighted by atomic mass is 35.5. The molecule has 1 amide bonds. The summed E-state index contributed by atoms with van der Waals surface area (Å²) < 4.78 is 18.7. The first kappa shape index (κ1) is 25.1. The van der Waals surface area contributed by atoms with Gasteiger partial charge in [0.05, 0.1) is 19.3 Å². The first-order chi connectivity index (χ1) is 12.7. The molecule has 160 valence electrons. The van der Waals surface area contributed by atoms with Gasteiger partial charge in [-0.05, 0) is 56.0 Å². The van der Waals surface area contributed by atoms with Gasteiger partial charge in [-0.15, -0.1) is 24.8 Å². The van der Waals surface area contributed by atoms with Crippen LogP contribution in [0.25, 0.3) is 0 Å². The van der Waals surface area contributed by atoms with Crippen molar-refractivity contribution in [1.82, 2.24) is 15.5 Å². The van der Waals surface area contributed by atoms with Crippen molar-refractivity contribution in [2.24, 2.45) is 5.92 Å². The van der Waals surface area contributed by atoms with Gasteiger partial charge in [0.15, 0.2) is 0 Å². The molecule has 2 aliphatic heterocycles. The Morgan fingerprint density at radius 1 is 1.18 bits per heavy atom. The summed E-state index contributed by atoms with van der Waals surface area (Å²) in [6.07, 6.45) is 3.88. The summed E-state index contributed by atoms with van der Waals surface area (Å²) in [5, 5.41) is 6.46. The van der Waals surface area contributed by atoms with Crippen LogP contribution in [-0.4, -0.2) is 56.7 Å². The van der Waals surface area contributed by atoms with E-state index in [1.54, 1.807) is 0 Å². The SMILES string of the molecule is Cl.Cl.O=C(CCC1CCNCC1)NCC(c1ccc(F)cc1)N1CCOCC1. The number of amides is 1. The van der Waals surface area contributed by atoms with Gasteiger partial charge in [-0.2, -0.15) is 0 Å². The fraction of sp³-hybridized carbons (Fsp3) is 0.650. The molecule has 5 nitrogen and oxygen atoms in total. The third kappa shape index (κ3) is 7.84. The van der Waals surface area contributed by atoms with Crippen LogP contribution in [0, 0.1) is 11.7 Å². The monoisotopic (exact) mass is 435 g/mol. The van der Waals surface area contributed by atoms with Crippen molar-refractivity contribution < 1.29 is 13.9 Å². The predicted molar refractivity (Wildman–Crippen MR) is 114 cm³/mol. The van der Waals surface area contributed by atoms with Gasteiger partial charge in [-0.25, -0.2) is 4.39 Å². The Kier molecular flexibility index (Phi) is 12.0. The number of morpholine rings is 1. The lowest BCUT2D eigenvalue weighted by atomic mass is 9.93. The van der Waals surface area contributed by atoms with E-state index in [-0.39, 0.29) is 42.6 Å². The summed E-state index contributed by atoms with van der Waals surface area (Å²) in [5.41, 5.74) is 1.03. The van der Waals surface area contributed by atoms with Crippen molar-refractivity contribution in [2.75, 3.05) is 45.9 Å². The van der Waals surface area contributed by atoms with Crippen molar-refractivity contribution in [3.63, 3.8) is 0 Å². The average molecular weight is 436 g/mol. The predicted octanol–water partition coefficient (Wildman–Crippen LogP) is 2.94. The van der Waals surface area contributed by atoms with Crippen LogP contribution in [-0.2, 0) is 9.53 Å². The highest BCUT2D eigenvalue weighted by Crippen LogP contribution is 2.22. The van der Waals surface area contributed by atoms with E-state index in [4.69, 9.17) is 4.74 Å². The van der Waals surface area contributed by atoms with Crippen LogP contribution in [0.3, 0.4) is 0 Å². The maximum absolute atomic E-state index is 13.3.